The Morgan fingerprint density at radius 3 is 1.75 bits per heavy atom. The number of unbranched alkanes of at least 4 members (excludes halogenated alkanes) is 1. The van der Waals surface area contributed by atoms with Crippen molar-refractivity contribution >= 4 is 24.2 Å². The van der Waals surface area contributed by atoms with E-state index in [-0.39, 0.29) is 25.6 Å². The van der Waals surface area contributed by atoms with Crippen LogP contribution in [-0.2, 0) is 19.0 Å². The van der Waals surface area contributed by atoms with Gasteiger partial charge in [0.05, 0.1) is 13.2 Å². The third-order valence-corrected chi connectivity index (χ3v) is 4.75. The van der Waals surface area contributed by atoms with Crippen molar-refractivity contribution in [3.8, 4) is 0 Å². The molecule has 36 heavy (non-hydrogen) atoms. The van der Waals surface area contributed by atoms with Gasteiger partial charge >= 0.3 is 18.3 Å². The average molecular weight is 517 g/mol. The van der Waals surface area contributed by atoms with Gasteiger partial charge in [0.1, 0.15) is 11.6 Å². The molecule has 4 amide bonds. The maximum atomic E-state index is 12.7. The number of carbonyl (C=O) groups is 4. The minimum Gasteiger partial charge on any atom is -0.450 e. The number of rotatable bonds is 16. The lowest BCUT2D eigenvalue weighted by molar-refractivity contribution is -0.123. The van der Waals surface area contributed by atoms with E-state index >= 15 is 0 Å². The normalized spacial score (nSPS) is 12.0. The molecule has 4 N–H and O–H groups in total. The number of hydrogen-bond acceptors (Lipinski definition) is 7. The van der Waals surface area contributed by atoms with E-state index < -0.39 is 29.9 Å². The van der Waals surface area contributed by atoms with Gasteiger partial charge in [0.15, 0.2) is 0 Å². The minimum atomic E-state index is -0.809. The molecule has 0 aliphatic carbocycles. The highest BCUT2D eigenvalue weighted by atomic mass is 16.6. The molecular weight excluding hydrogens is 468 g/mol. The topological polar surface area (TPSA) is 144 Å². The van der Waals surface area contributed by atoms with E-state index in [1.807, 2.05) is 13.8 Å². The van der Waals surface area contributed by atoms with Crippen LogP contribution in [0.15, 0.2) is 0 Å². The Morgan fingerprint density at radius 1 is 0.667 bits per heavy atom. The van der Waals surface area contributed by atoms with E-state index in [0.717, 1.165) is 12.8 Å². The van der Waals surface area contributed by atoms with Gasteiger partial charge in [-0.15, -0.1) is 0 Å². The predicted molar refractivity (Wildman–Crippen MR) is 138 cm³/mol. The zero-order chi connectivity index (χ0) is 27.6. The van der Waals surface area contributed by atoms with Crippen LogP contribution < -0.4 is 21.3 Å². The van der Waals surface area contributed by atoms with Gasteiger partial charge in [-0.25, -0.2) is 14.4 Å². The molecule has 11 heteroatoms. The fourth-order valence-corrected chi connectivity index (χ4v) is 2.73. The van der Waals surface area contributed by atoms with E-state index in [0.29, 0.717) is 44.2 Å². The van der Waals surface area contributed by atoms with Gasteiger partial charge in [-0.05, 0) is 64.7 Å². The SMILES string of the molecule is CC(C)CCOC(=O)NCCCCC(NC(=O)OCCC(C)C)C(=O)NCCNC(=O)OC(C)(C)C. The van der Waals surface area contributed by atoms with Gasteiger partial charge < -0.3 is 35.5 Å². The summed E-state index contributed by atoms with van der Waals surface area (Å²) in [6.07, 6.45) is 1.37. The Balaban J connectivity index is 4.52. The van der Waals surface area contributed by atoms with Gasteiger partial charge in [0.2, 0.25) is 5.91 Å². The standard InChI is InChI=1S/C25H48N4O7/c1-18(2)11-16-34-22(31)27-13-9-8-10-20(29-24(33)35-17-12-19(3)4)21(30)26-14-15-28-23(32)36-25(5,6)7/h18-20H,8-17H2,1-7H3,(H,26,30)(H,27,31)(H,28,32)(H,29,33). The monoisotopic (exact) mass is 516 g/mol. The molecule has 0 aromatic rings. The summed E-state index contributed by atoms with van der Waals surface area (Å²) in [6, 6.07) is -0.809. The highest BCUT2D eigenvalue weighted by Crippen LogP contribution is 2.06. The first kappa shape index (κ1) is 33.3. The highest BCUT2D eigenvalue weighted by Gasteiger charge is 2.21. The maximum Gasteiger partial charge on any atom is 0.407 e. The minimum absolute atomic E-state index is 0.169. The maximum absolute atomic E-state index is 12.7. The molecule has 0 heterocycles. The Kier molecular flexibility index (Phi) is 17.1. The van der Waals surface area contributed by atoms with Crippen LogP contribution in [-0.4, -0.2) is 68.7 Å². The van der Waals surface area contributed by atoms with Crippen LogP contribution in [0.3, 0.4) is 0 Å². The number of alkyl carbamates (subject to hydrolysis) is 3. The van der Waals surface area contributed by atoms with Crippen LogP contribution in [0, 0.1) is 11.8 Å². The number of carbonyl (C=O) groups excluding carboxylic acids is 4. The molecule has 210 valence electrons. The van der Waals surface area contributed by atoms with E-state index in [9.17, 15) is 19.2 Å². The van der Waals surface area contributed by atoms with Gasteiger partial charge in [-0.1, -0.05) is 27.7 Å². The highest BCUT2D eigenvalue weighted by molar-refractivity contribution is 5.85. The Morgan fingerprint density at radius 2 is 1.19 bits per heavy atom. The molecule has 0 aliphatic heterocycles. The quantitative estimate of drug-likeness (QED) is 0.181. The number of amides is 4. The fourth-order valence-electron chi connectivity index (χ4n) is 2.73. The van der Waals surface area contributed by atoms with Crippen molar-refractivity contribution in [2.24, 2.45) is 11.8 Å². The van der Waals surface area contributed by atoms with Crippen LogP contribution in [0.4, 0.5) is 14.4 Å². The lowest BCUT2D eigenvalue weighted by Crippen LogP contribution is -2.48. The molecule has 11 nitrogen and oxygen atoms in total. The van der Waals surface area contributed by atoms with Crippen LogP contribution >= 0.6 is 0 Å². The Bertz CT molecular complexity index is 663. The predicted octanol–water partition coefficient (Wildman–Crippen LogP) is 3.71. The van der Waals surface area contributed by atoms with Crippen LogP contribution in [0.1, 0.15) is 80.6 Å². The van der Waals surface area contributed by atoms with Crippen molar-refractivity contribution in [3.05, 3.63) is 0 Å². The second-order valence-electron chi connectivity index (χ2n) is 10.5. The van der Waals surface area contributed by atoms with Gasteiger partial charge in [-0.2, -0.15) is 0 Å². The summed E-state index contributed by atoms with van der Waals surface area (Å²) in [6.45, 7) is 14.8. The lowest BCUT2D eigenvalue weighted by Gasteiger charge is -2.20. The Labute approximate surface area is 216 Å². The summed E-state index contributed by atoms with van der Waals surface area (Å²) in [5.74, 6) is 0.459. The third kappa shape index (κ3) is 20.6. The van der Waals surface area contributed by atoms with Crippen LogP contribution in [0.2, 0.25) is 0 Å². The molecule has 0 bridgehead atoms. The van der Waals surface area contributed by atoms with Crippen LogP contribution in [0.25, 0.3) is 0 Å². The summed E-state index contributed by atoms with van der Waals surface area (Å²) >= 11 is 0. The first-order valence-corrected chi connectivity index (χ1v) is 12.9. The summed E-state index contributed by atoms with van der Waals surface area (Å²) in [4.78, 5) is 48.2. The summed E-state index contributed by atoms with van der Waals surface area (Å²) in [7, 11) is 0. The van der Waals surface area contributed by atoms with E-state index in [1.165, 1.54) is 0 Å². The molecule has 0 aliphatic rings. The molecule has 0 saturated carbocycles. The van der Waals surface area contributed by atoms with Crippen molar-refractivity contribution in [2.75, 3.05) is 32.8 Å². The van der Waals surface area contributed by atoms with Crippen molar-refractivity contribution < 1.29 is 33.4 Å². The van der Waals surface area contributed by atoms with E-state index in [4.69, 9.17) is 14.2 Å². The zero-order valence-electron chi connectivity index (χ0n) is 23.2. The van der Waals surface area contributed by atoms with Crippen molar-refractivity contribution in [2.45, 2.75) is 92.2 Å². The molecule has 0 saturated heterocycles. The molecule has 0 aromatic carbocycles. The van der Waals surface area contributed by atoms with Crippen molar-refractivity contribution in [1.29, 1.82) is 0 Å². The first-order valence-electron chi connectivity index (χ1n) is 12.9. The molecular formula is C25H48N4O7. The molecule has 0 fully saturated rings. The fraction of sp³-hybridized carbons (Fsp3) is 0.840. The van der Waals surface area contributed by atoms with Crippen LogP contribution in [0.5, 0.6) is 0 Å². The largest absolute Gasteiger partial charge is 0.450 e. The third-order valence-electron chi connectivity index (χ3n) is 4.75. The molecule has 0 spiro atoms. The van der Waals surface area contributed by atoms with E-state index in [1.54, 1.807) is 20.8 Å². The van der Waals surface area contributed by atoms with Gasteiger partial charge in [-0.3, -0.25) is 4.79 Å². The van der Waals surface area contributed by atoms with Crippen molar-refractivity contribution in [1.82, 2.24) is 21.3 Å². The second kappa shape index (κ2) is 18.5. The summed E-state index contributed by atoms with van der Waals surface area (Å²) in [5.41, 5.74) is -0.613. The summed E-state index contributed by atoms with van der Waals surface area (Å²) < 4.78 is 15.4. The second-order valence-corrected chi connectivity index (χ2v) is 10.5. The first-order chi connectivity index (χ1) is 16.8. The number of nitrogens with one attached hydrogen (secondary N) is 4. The van der Waals surface area contributed by atoms with E-state index in [2.05, 4.69) is 35.1 Å². The Hall–Kier alpha value is -2.72. The smallest absolute Gasteiger partial charge is 0.407 e. The van der Waals surface area contributed by atoms with Gasteiger partial charge in [0, 0.05) is 19.6 Å². The van der Waals surface area contributed by atoms with Gasteiger partial charge in [0.25, 0.3) is 0 Å². The molecule has 0 aromatic heterocycles. The number of hydrogen-bond donors (Lipinski definition) is 4. The molecule has 1 unspecified atom stereocenters. The lowest BCUT2D eigenvalue weighted by atomic mass is 10.1. The molecule has 1 atom stereocenters. The number of ether oxygens (including phenoxy) is 3. The zero-order valence-corrected chi connectivity index (χ0v) is 23.2. The van der Waals surface area contributed by atoms with Crippen molar-refractivity contribution in [3.63, 3.8) is 0 Å². The molecule has 0 rings (SSSR count). The average Bonchev–Trinajstić information content (AvgIpc) is 2.73. The summed E-state index contributed by atoms with van der Waals surface area (Å²) in [5, 5.41) is 10.6. The molecule has 0 radical (unpaired) electrons.